The topological polar surface area (TPSA) is 281 Å². The van der Waals surface area contributed by atoms with E-state index in [2.05, 4.69) is 35.4 Å². The van der Waals surface area contributed by atoms with Crippen LogP contribution in [-0.2, 0) is 54.7 Å². The minimum absolute atomic E-state index is 0.0159. The molecule has 25 heteroatoms. The molecule has 0 spiro atoms. The number of aromatic nitrogens is 4. The average molecular weight is 925 g/mol. The molecule has 1 fully saturated rings. The molecule has 3 aromatic rings. The Labute approximate surface area is 368 Å². The lowest BCUT2D eigenvalue weighted by molar-refractivity contribution is -0.696. The summed E-state index contributed by atoms with van der Waals surface area (Å²) in [5.41, 5.74) is -4.67. The van der Waals surface area contributed by atoms with Gasteiger partial charge >= 0.3 is 28.6 Å². The largest absolute Gasteiger partial charge is 0.487 e. The molecule has 63 heavy (non-hydrogen) atoms. The number of carbonyl (C=O) groups is 5. The zero-order chi connectivity index (χ0) is 47.1. The molecule has 346 valence electrons. The summed E-state index contributed by atoms with van der Waals surface area (Å²) in [7, 11) is -5.09. The van der Waals surface area contributed by atoms with Crippen LogP contribution in [0.2, 0.25) is 0 Å². The van der Waals surface area contributed by atoms with Crippen molar-refractivity contribution in [3.05, 3.63) is 48.1 Å². The first kappa shape index (κ1) is 49.7. The Bertz CT molecular complexity index is 2270. The lowest BCUT2D eigenvalue weighted by atomic mass is 9.84. The number of ether oxygens (including phenoxy) is 4. The van der Waals surface area contributed by atoms with Crippen LogP contribution >= 0.6 is 11.3 Å². The number of nitrogens with zero attached hydrogens (tertiary/aromatic N) is 6. The zero-order valence-corrected chi connectivity index (χ0v) is 38.4. The van der Waals surface area contributed by atoms with E-state index in [0.717, 1.165) is 11.3 Å². The first-order valence-corrected chi connectivity index (χ1v) is 21.6. The van der Waals surface area contributed by atoms with E-state index in [0.29, 0.717) is 30.4 Å². The zero-order valence-electron chi connectivity index (χ0n) is 36.8. The number of oxime groups is 1. The van der Waals surface area contributed by atoms with Crippen molar-refractivity contribution in [2.45, 2.75) is 124 Å². The first-order chi connectivity index (χ1) is 29.0. The van der Waals surface area contributed by atoms with E-state index in [1.54, 1.807) is 85.2 Å². The van der Waals surface area contributed by atoms with Crippen LogP contribution in [0.4, 0.5) is 14.7 Å². The summed E-state index contributed by atoms with van der Waals surface area (Å²) in [6, 6.07) is 1.87. The summed E-state index contributed by atoms with van der Waals surface area (Å²) in [6.07, 6.45) is 4.60. The van der Waals surface area contributed by atoms with Gasteiger partial charge in [-0.1, -0.05) is 5.16 Å². The van der Waals surface area contributed by atoms with Crippen LogP contribution < -0.4 is 25.3 Å². The molecule has 4 heterocycles. The Kier molecular flexibility index (Phi) is 15.5. The number of alkyl carbamates (subject to hydrolysis) is 1. The first-order valence-electron chi connectivity index (χ1n) is 19.4. The van der Waals surface area contributed by atoms with Crippen molar-refractivity contribution in [3.8, 4) is 11.6 Å². The van der Waals surface area contributed by atoms with Crippen molar-refractivity contribution in [1.82, 2.24) is 30.2 Å². The second-order valence-electron chi connectivity index (χ2n) is 17.4. The van der Waals surface area contributed by atoms with Crippen LogP contribution in [0.15, 0.2) is 47.6 Å². The summed E-state index contributed by atoms with van der Waals surface area (Å²) in [5, 5.41) is 13.2. The number of aryl methyl sites for hydroxylation is 1. The lowest BCUT2D eigenvalue weighted by Gasteiger charge is -2.50. The number of nitrogens with one attached hydrogen (secondary N) is 3. The van der Waals surface area contributed by atoms with Gasteiger partial charge in [-0.3, -0.25) is 19.5 Å². The van der Waals surface area contributed by atoms with E-state index < -0.39 is 87.2 Å². The van der Waals surface area contributed by atoms with Crippen LogP contribution in [0.1, 0.15) is 88.3 Å². The lowest BCUT2D eigenvalue weighted by Crippen LogP contribution is -2.76. The number of thiazole rings is 1. The van der Waals surface area contributed by atoms with E-state index >= 15 is 0 Å². The molecule has 3 aromatic heterocycles. The molecule has 4 N–H and O–H groups in total. The number of esters is 1. The molecule has 1 saturated heterocycles. The molecular formula is C38H54N9O14S2+. The van der Waals surface area contributed by atoms with E-state index in [9.17, 15) is 32.4 Å². The molecule has 2 atom stereocenters. The Morgan fingerprint density at radius 3 is 2.24 bits per heavy atom. The Morgan fingerprint density at radius 2 is 1.65 bits per heavy atom. The van der Waals surface area contributed by atoms with Crippen LogP contribution in [-0.4, -0.2) is 116 Å². The summed E-state index contributed by atoms with van der Waals surface area (Å²) in [4.78, 5) is 78.8. The minimum atomic E-state index is -5.09. The van der Waals surface area contributed by atoms with Gasteiger partial charge in [-0.15, -0.1) is 15.6 Å². The highest BCUT2D eigenvalue weighted by atomic mass is 32.3. The third-order valence-corrected chi connectivity index (χ3v) is 9.07. The highest BCUT2D eigenvalue weighted by molar-refractivity contribution is 7.80. The van der Waals surface area contributed by atoms with Crippen molar-refractivity contribution in [3.63, 3.8) is 0 Å². The second kappa shape index (κ2) is 19.6. The molecule has 1 aliphatic rings. The summed E-state index contributed by atoms with van der Waals surface area (Å²) in [5.74, 6) is -2.26. The number of imidazole rings is 1. The van der Waals surface area contributed by atoms with Crippen molar-refractivity contribution in [2.24, 2.45) is 5.16 Å². The van der Waals surface area contributed by atoms with Crippen molar-refractivity contribution >= 4 is 62.5 Å². The molecular weight excluding hydrogens is 871 g/mol. The van der Waals surface area contributed by atoms with Crippen LogP contribution in [0.5, 0.6) is 5.75 Å². The SMILES string of the molecule is CC(C)(C)OC(=O)NCCC[n+]1ccn(-c2ccc(OCC(ON=C(C(=O)NC3C(=O)N(OS(=O)(=O)O)C3(C)C)c3csc(NC(=O)OC(C)(C)C)n3)C(=O)OC(C)(C)C)cn2)c1. The number of rotatable bonds is 17. The average Bonchev–Trinajstić information content (AvgIpc) is 3.80. The van der Waals surface area contributed by atoms with Crippen LogP contribution in [0, 0.1) is 0 Å². The van der Waals surface area contributed by atoms with Gasteiger partial charge in [0.2, 0.25) is 12.1 Å². The fourth-order valence-electron chi connectivity index (χ4n) is 5.29. The Hall–Kier alpha value is -5.92. The van der Waals surface area contributed by atoms with Gasteiger partial charge in [0.1, 0.15) is 53.3 Å². The minimum Gasteiger partial charge on any atom is -0.487 e. The molecule has 0 aliphatic carbocycles. The smallest absolute Gasteiger partial charge is 0.418 e. The predicted octanol–water partition coefficient (Wildman–Crippen LogP) is 3.23. The maximum atomic E-state index is 13.8. The second-order valence-corrected chi connectivity index (χ2v) is 19.3. The number of pyridine rings is 1. The maximum Gasteiger partial charge on any atom is 0.418 e. The number of hydrogen-bond donors (Lipinski definition) is 4. The monoisotopic (exact) mass is 924 g/mol. The number of amides is 4. The van der Waals surface area contributed by atoms with Gasteiger partial charge in [0.25, 0.3) is 17.9 Å². The van der Waals surface area contributed by atoms with Crippen LogP contribution in [0.25, 0.3) is 5.82 Å². The van der Waals surface area contributed by atoms with Gasteiger partial charge in [-0.2, -0.15) is 18.0 Å². The molecule has 0 radical (unpaired) electrons. The van der Waals surface area contributed by atoms with Crippen molar-refractivity contribution in [2.75, 3.05) is 18.5 Å². The van der Waals surface area contributed by atoms with E-state index in [1.165, 1.54) is 25.4 Å². The van der Waals surface area contributed by atoms with Crippen LogP contribution in [0.3, 0.4) is 0 Å². The number of hydrogen-bond acceptors (Lipinski definition) is 17. The van der Waals surface area contributed by atoms with Crippen molar-refractivity contribution in [1.29, 1.82) is 0 Å². The molecule has 0 saturated carbocycles. The van der Waals surface area contributed by atoms with E-state index in [-0.39, 0.29) is 16.6 Å². The summed E-state index contributed by atoms with van der Waals surface area (Å²) in [6.45, 7) is 18.5. The third-order valence-electron chi connectivity index (χ3n) is 7.97. The van der Waals surface area contributed by atoms with Gasteiger partial charge in [0.05, 0.1) is 18.3 Å². The third kappa shape index (κ3) is 15.4. The highest BCUT2D eigenvalue weighted by Crippen LogP contribution is 2.33. The van der Waals surface area contributed by atoms with E-state index in [4.69, 9.17) is 28.3 Å². The van der Waals surface area contributed by atoms with Gasteiger partial charge in [0.15, 0.2) is 10.8 Å². The predicted molar refractivity (Wildman–Crippen MR) is 223 cm³/mol. The van der Waals surface area contributed by atoms with E-state index in [1.807, 2.05) is 17.1 Å². The summed E-state index contributed by atoms with van der Waals surface area (Å²) < 4.78 is 61.8. The normalized spacial score (nSPS) is 16.0. The van der Waals surface area contributed by atoms with Gasteiger partial charge in [-0.25, -0.2) is 28.9 Å². The molecule has 1 aliphatic heterocycles. The Morgan fingerprint density at radius 1 is 1.00 bits per heavy atom. The molecule has 2 unspecified atom stereocenters. The highest BCUT2D eigenvalue weighted by Gasteiger charge is 2.58. The maximum absolute atomic E-state index is 13.8. The van der Waals surface area contributed by atoms with Gasteiger partial charge in [0, 0.05) is 24.4 Å². The molecule has 4 rings (SSSR count). The molecule has 4 amide bonds. The summed E-state index contributed by atoms with van der Waals surface area (Å²) >= 11 is 0.885. The fourth-order valence-corrected chi connectivity index (χ4v) is 6.43. The molecule has 23 nitrogen and oxygen atoms in total. The molecule has 0 bridgehead atoms. The number of carbonyl (C=O) groups excluding carboxylic acids is 5. The van der Waals surface area contributed by atoms with Gasteiger partial charge in [-0.05, 0) is 82.2 Å². The number of hydroxylamine groups is 2. The fraction of sp³-hybridized carbons (Fsp3) is 0.553. The Balaban J connectivity index is 1.51. The number of β-lactam (4-membered cyclic amide) rings is 1. The van der Waals surface area contributed by atoms with Crippen molar-refractivity contribution < 1.29 is 69.6 Å². The number of anilines is 1. The molecule has 0 aromatic carbocycles. The quantitative estimate of drug-likeness (QED) is 0.0221. The standard InChI is InChI=1S/C38H53N9O14S2/c1-35(2,3)57-31(50)25(20-56-23-13-14-26(40-19-23)46-18-17-45(22-46)16-12-15-39-33(51)58-36(4,5)6)60-44-27(24-21-62-32(41-24)43-34(52)59-37(7,8)9)29(48)42-28-30(49)47(38(28,10)11)61-63(53,54)55/h13-14,17-19,21-22,25,28H,12,15-16,20H2,1-11H3,(H3-,39,41,42,43,48,51,52,53,54,55)/p+1. The van der Waals surface area contributed by atoms with Gasteiger partial charge < -0.3 is 34.4 Å².